The van der Waals surface area contributed by atoms with Crippen molar-refractivity contribution >= 4 is 29.2 Å². The molecule has 3 rings (SSSR count). The Hall–Kier alpha value is -2.87. The number of fused-ring (bicyclic) bond motifs is 1. The monoisotopic (exact) mass is 390 g/mol. The Kier molecular flexibility index (Phi) is 5.18. The first kappa shape index (κ1) is 18.9. The van der Waals surface area contributed by atoms with E-state index in [9.17, 15) is 14.4 Å². The molecule has 2 N–H and O–H groups in total. The lowest BCUT2D eigenvalue weighted by atomic mass is 9.97. The third-order valence-electron chi connectivity index (χ3n) is 4.05. The maximum atomic E-state index is 13.0. The van der Waals surface area contributed by atoms with Crippen LogP contribution < -0.4 is 16.2 Å². The molecule has 2 aromatic rings. The van der Waals surface area contributed by atoms with Gasteiger partial charge in [-0.2, -0.15) is 0 Å². The van der Waals surface area contributed by atoms with Gasteiger partial charge in [0.05, 0.1) is 23.8 Å². The van der Waals surface area contributed by atoms with E-state index >= 15 is 0 Å². The number of hydrogen-bond acceptors (Lipinski definition) is 5. The Morgan fingerprint density at radius 1 is 1.37 bits per heavy atom. The van der Waals surface area contributed by atoms with E-state index < -0.39 is 23.6 Å². The summed E-state index contributed by atoms with van der Waals surface area (Å²) >= 11 is 6.26. The van der Waals surface area contributed by atoms with Gasteiger partial charge in [0.1, 0.15) is 10.8 Å². The van der Waals surface area contributed by atoms with Gasteiger partial charge in [0, 0.05) is 11.9 Å². The largest absolute Gasteiger partial charge is 0.462 e. The number of amides is 2. The minimum atomic E-state index is -1.07. The van der Waals surface area contributed by atoms with Crippen molar-refractivity contribution in [3.8, 4) is 0 Å². The molecule has 8 nitrogen and oxygen atoms in total. The molecule has 142 valence electrons. The second-order valence-electron chi connectivity index (χ2n) is 6.61. The number of urea groups is 1. The van der Waals surface area contributed by atoms with Gasteiger partial charge in [0.2, 0.25) is 0 Å². The molecule has 0 fully saturated rings. The van der Waals surface area contributed by atoms with Crippen molar-refractivity contribution in [1.29, 1.82) is 0 Å². The van der Waals surface area contributed by atoms with Crippen LogP contribution in [0.2, 0.25) is 5.15 Å². The number of carbonyl (C=O) groups is 2. The lowest BCUT2D eigenvalue weighted by Gasteiger charge is -2.28. The van der Waals surface area contributed by atoms with Crippen molar-refractivity contribution in [2.75, 3.05) is 6.61 Å². The second kappa shape index (κ2) is 7.40. The van der Waals surface area contributed by atoms with Crippen molar-refractivity contribution in [2.45, 2.75) is 26.8 Å². The number of esters is 1. The molecule has 27 heavy (non-hydrogen) atoms. The van der Waals surface area contributed by atoms with Crippen LogP contribution in [0.25, 0.3) is 5.65 Å². The molecule has 9 heteroatoms. The molecule has 0 aliphatic carbocycles. The summed E-state index contributed by atoms with van der Waals surface area (Å²) in [5.74, 6) is -0.497. The zero-order chi connectivity index (χ0) is 19.7. The molecule has 2 aromatic heterocycles. The molecule has 0 aromatic carbocycles. The fourth-order valence-corrected chi connectivity index (χ4v) is 3.10. The summed E-state index contributed by atoms with van der Waals surface area (Å²) in [6.07, 6.45) is 1.54. The number of carbonyl (C=O) groups excluding carboxylic acids is 2. The van der Waals surface area contributed by atoms with E-state index in [0.29, 0.717) is 11.3 Å². The van der Waals surface area contributed by atoms with Crippen molar-refractivity contribution in [2.24, 2.45) is 5.92 Å². The van der Waals surface area contributed by atoms with Crippen molar-refractivity contribution in [1.82, 2.24) is 20.0 Å². The summed E-state index contributed by atoms with van der Waals surface area (Å²) in [7, 11) is 0. The molecule has 0 unspecified atom stereocenters. The number of rotatable bonds is 4. The minimum Gasteiger partial charge on any atom is -0.462 e. The van der Waals surface area contributed by atoms with Gasteiger partial charge in [-0.15, -0.1) is 0 Å². The van der Waals surface area contributed by atoms with Gasteiger partial charge in [-0.1, -0.05) is 31.5 Å². The first-order chi connectivity index (χ1) is 12.8. The molecule has 2 amide bonds. The van der Waals surface area contributed by atoms with Crippen LogP contribution in [0.5, 0.6) is 0 Å². The van der Waals surface area contributed by atoms with Crippen LogP contribution in [0.15, 0.2) is 40.5 Å². The van der Waals surface area contributed by atoms with Crippen LogP contribution in [0.4, 0.5) is 4.79 Å². The van der Waals surface area contributed by atoms with Crippen molar-refractivity contribution < 1.29 is 14.3 Å². The SMILES string of the molecule is CC1=C(C(=O)OCC(C)C)[C@@H](c2c(Cl)nc3ccccn3c2=O)NC(=O)N1. The minimum absolute atomic E-state index is 0.00561. The molecule has 1 aliphatic rings. The number of nitrogens with one attached hydrogen (secondary N) is 2. The van der Waals surface area contributed by atoms with Crippen molar-refractivity contribution in [3.63, 3.8) is 0 Å². The summed E-state index contributed by atoms with van der Waals surface area (Å²) in [6, 6.07) is 3.42. The summed E-state index contributed by atoms with van der Waals surface area (Å²) in [5, 5.41) is 5.03. The number of allylic oxidation sites excluding steroid dienone is 1. The molecule has 0 bridgehead atoms. The number of nitrogens with zero attached hydrogens (tertiary/aromatic N) is 2. The standard InChI is InChI=1S/C18H19ClN4O4/c1-9(2)8-27-17(25)12-10(3)20-18(26)22-14(12)13-15(19)21-11-6-4-5-7-23(11)16(13)24/h4-7,9,14H,8H2,1-3H3,(H2,20,22,26)/t14-/m0/s1. The van der Waals surface area contributed by atoms with Crippen molar-refractivity contribution in [3.05, 3.63) is 56.7 Å². The second-order valence-corrected chi connectivity index (χ2v) is 6.97. The fraction of sp³-hybridized carbons (Fsp3) is 0.333. The lowest BCUT2D eigenvalue weighted by molar-refractivity contribution is -0.140. The summed E-state index contributed by atoms with van der Waals surface area (Å²) in [5.41, 5.74) is 0.310. The highest BCUT2D eigenvalue weighted by atomic mass is 35.5. The third-order valence-corrected chi connectivity index (χ3v) is 4.34. The zero-order valence-electron chi connectivity index (χ0n) is 15.1. The molecule has 0 saturated carbocycles. The van der Waals surface area contributed by atoms with Gasteiger partial charge >= 0.3 is 12.0 Å². The van der Waals surface area contributed by atoms with E-state index in [0.717, 1.165) is 0 Å². The first-order valence-corrected chi connectivity index (χ1v) is 8.79. The number of pyridine rings is 1. The highest BCUT2D eigenvalue weighted by molar-refractivity contribution is 6.30. The Bertz CT molecular complexity index is 1010. The van der Waals surface area contributed by atoms with Gasteiger partial charge in [-0.25, -0.2) is 14.6 Å². The molecule has 1 aliphatic heterocycles. The fourth-order valence-electron chi connectivity index (χ4n) is 2.82. The zero-order valence-corrected chi connectivity index (χ0v) is 15.8. The number of aromatic nitrogens is 2. The van der Waals surface area contributed by atoms with E-state index in [1.807, 2.05) is 13.8 Å². The smallest absolute Gasteiger partial charge is 0.338 e. The summed E-state index contributed by atoms with van der Waals surface area (Å²) in [4.78, 5) is 41.8. The lowest BCUT2D eigenvalue weighted by Crippen LogP contribution is -2.47. The number of hydrogen-bond donors (Lipinski definition) is 2. The summed E-state index contributed by atoms with van der Waals surface area (Å²) in [6.45, 7) is 5.59. The normalized spacial score (nSPS) is 17.1. The van der Waals surface area contributed by atoms with Crippen LogP contribution in [0.1, 0.15) is 32.4 Å². The highest BCUT2D eigenvalue weighted by Crippen LogP contribution is 2.29. The van der Waals surface area contributed by atoms with Gasteiger partial charge < -0.3 is 15.4 Å². The Labute approximate surface area is 160 Å². The van der Waals surface area contributed by atoms with E-state index in [2.05, 4.69) is 15.6 Å². The first-order valence-electron chi connectivity index (χ1n) is 8.41. The predicted octanol–water partition coefficient (Wildman–Crippen LogP) is 2.17. The average Bonchev–Trinajstić information content (AvgIpc) is 2.59. The topological polar surface area (TPSA) is 102 Å². The summed E-state index contributed by atoms with van der Waals surface area (Å²) < 4.78 is 6.61. The van der Waals surface area contributed by atoms with Crippen LogP contribution in [-0.4, -0.2) is 28.0 Å². The van der Waals surface area contributed by atoms with Gasteiger partial charge in [-0.3, -0.25) is 9.20 Å². The van der Waals surface area contributed by atoms with Crippen LogP contribution in [0, 0.1) is 5.92 Å². The molecule has 0 spiro atoms. The quantitative estimate of drug-likeness (QED) is 0.615. The maximum Gasteiger partial charge on any atom is 0.338 e. The molecule has 3 heterocycles. The highest BCUT2D eigenvalue weighted by Gasteiger charge is 2.36. The molecular weight excluding hydrogens is 372 g/mol. The molecule has 0 radical (unpaired) electrons. The van der Waals surface area contributed by atoms with Gasteiger partial charge in [0.15, 0.2) is 0 Å². The van der Waals surface area contributed by atoms with E-state index in [4.69, 9.17) is 16.3 Å². The Balaban J connectivity index is 2.14. The average molecular weight is 391 g/mol. The predicted molar refractivity (Wildman–Crippen MR) is 99.4 cm³/mol. The molecule has 1 atom stereocenters. The van der Waals surface area contributed by atoms with Gasteiger partial charge in [0.25, 0.3) is 5.56 Å². The molecule has 0 saturated heterocycles. The van der Waals surface area contributed by atoms with E-state index in [1.165, 1.54) is 4.40 Å². The van der Waals surface area contributed by atoms with Crippen LogP contribution in [-0.2, 0) is 9.53 Å². The number of halogens is 1. The Morgan fingerprint density at radius 2 is 2.11 bits per heavy atom. The third kappa shape index (κ3) is 3.66. The van der Waals surface area contributed by atoms with E-state index in [-0.39, 0.29) is 28.8 Å². The van der Waals surface area contributed by atoms with E-state index in [1.54, 1.807) is 31.3 Å². The van der Waals surface area contributed by atoms with Crippen LogP contribution >= 0.6 is 11.6 Å². The van der Waals surface area contributed by atoms with Gasteiger partial charge in [-0.05, 0) is 25.0 Å². The number of ether oxygens (including phenoxy) is 1. The molecular formula is C18H19ClN4O4. The van der Waals surface area contributed by atoms with Crippen LogP contribution in [0.3, 0.4) is 0 Å². The Morgan fingerprint density at radius 3 is 2.81 bits per heavy atom. The maximum absolute atomic E-state index is 13.0.